The molecule has 0 aliphatic heterocycles. The zero-order chi connectivity index (χ0) is 20.4. The maximum absolute atomic E-state index is 12.7. The van der Waals surface area contributed by atoms with Crippen molar-refractivity contribution in [2.45, 2.75) is 20.5 Å². The first-order valence-electron chi connectivity index (χ1n) is 9.27. The largest absolute Gasteiger partial charge is 0.506 e. The molecule has 0 aliphatic carbocycles. The maximum atomic E-state index is 12.7. The third-order valence-corrected chi connectivity index (χ3v) is 4.64. The summed E-state index contributed by atoms with van der Waals surface area (Å²) in [5, 5.41) is 12.8. The van der Waals surface area contributed by atoms with Crippen LogP contribution in [0.25, 0.3) is 5.65 Å². The van der Waals surface area contributed by atoms with Gasteiger partial charge in [-0.05, 0) is 55.3 Å². The Morgan fingerprint density at radius 3 is 2.76 bits per heavy atom. The first-order valence-corrected chi connectivity index (χ1v) is 9.27. The van der Waals surface area contributed by atoms with Crippen molar-refractivity contribution < 1.29 is 14.6 Å². The van der Waals surface area contributed by atoms with Crippen molar-refractivity contribution >= 4 is 17.2 Å². The van der Waals surface area contributed by atoms with E-state index in [9.17, 15) is 9.90 Å². The van der Waals surface area contributed by atoms with Crippen molar-refractivity contribution in [1.82, 2.24) is 9.38 Å². The number of nitrogens with zero attached hydrogens (tertiary/aromatic N) is 2. The van der Waals surface area contributed by atoms with Gasteiger partial charge in [-0.15, -0.1) is 0 Å². The molecule has 2 aromatic heterocycles. The predicted octanol–water partition coefficient (Wildman–Crippen LogP) is 4.49. The van der Waals surface area contributed by atoms with Gasteiger partial charge in [-0.1, -0.05) is 24.3 Å². The van der Waals surface area contributed by atoms with Crippen molar-refractivity contribution in [3.05, 3.63) is 89.4 Å². The fourth-order valence-electron chi connectivity index (χ4n) is 3.14. The van der Waals surface area contributed by atoms with Crippen LogP contribution in [0.1, 0.15) is 27.2 Å². The molecule has 0 spiro atoms. The van der Waals surface area contributed by atoms with Gasteiger partial charge >= 0.3 is 0 Å². The van der Waals surface area contributed by atoms with E-state index in [-0.39, 0.29) is 18.3 Å². The Balaban J connectivity index is 1.53. The lowest BCUT2D eigenvalue weighted by Gasteiger charge is -2.12. The average molecular weight is 387 g/mol. The summed E-state index contributed by atoms with van der Waals surface area (Å²) in [6, 6.07) is 16.1. The number of fused-ring (bicyclic) bond motifs is 1. The van der Waals surface area contributed by atoms with Crippen molar-refractivity contribution in [3.8, 4) is 11.5 Å². The third-order valence-electron chi connectivity index (χ3n) is 4.64. The summed E-state index contributed by atoms with van der Waals surface area (Å²) < 4.78 is 7.85. The Bertz CT molecular complexity index is 1200. The average Bonchev–Trinajstić information content (AvgIpc) is 3.13. The van der Waals surface area contributed by atoms with Gasteiger partial charge in [-0.3, -0.25) is 4.79 Å². The summed E-state index contributed by atoms with van der Waals surface area (Å²) in [7, 11) is 0. The number of amides is 1. The molecule has 2 heterocycles. The SMILES string of the molecule is Cc1ccc(NC(=O)c2ccccc2OCc2cn3cccc(C)c3n2)c(O)c1. The minimum atomic E-state index is -0.356. The van der Waals surface area contributed by atoms with Crippen LogP contribution in [0.2, 0.25) is 0 Å². The minimum absolute atomic E-state index is 0.0248. The summed E-state index contributed by atoms with van der Waals surface area (Å²) in [6.45, 7) is 4.11. The second kappa shape index (κ2) is 7.67. The number of imidazole rings is 1. The molecule has 0 radical (unpaired) electrons. The predicted molar refractivity (Wildman–Crippen MR) is 112 cm³/mol. The monoisotopic (exact) mass is 387 g/mol. The zero-order valence-electron chi connectivity index (χ0n) is 16.2. The van der Waals surface area contributed by atoms with Crippen LogP contribution in [0.5, 0.6) is 11.5 Å². The summed E-state index contributed by atoms with van der Waals surface area (Å²) in [6.07, 6.45) is 3.85. The van der Waals surface area contributed by atoms with E-state index in [1.807, 2.05) is 54.9 Å². The standard InChI is InChI=1S/C23H21N3O3/c1-15-9-10-19(20(27)12-15)25-23(28)18-7-3-4-8-21(18)29-14-17-13-26-11-5-6-16(2)22(26)24-17/h3-13,27H,14H2,1-2H3,(H,25,28). The first kappa shape index (κ1) is 18.6. The van der Waals surface area contributed by atoms with Gasteiger partial charge < -0.3 is 19.6 Å². The molecule has 0 fully saturated rings. The Morgan fingerprint density at radius 2 is 1.97 bits per heavy atom. The normalized spacial score (nSPS) is 10.8. The van der Waals surface area contributed by atoms with E-state index in [2.05, 4.69) is 10.3 Å². The minimum Gasteiger partial charge on any atom is -0.506 e. The Hall–Kier alpha value is -3.80. The second-order valence-corrected chi connectivity index (χ2v) is 6.91. The molecule has 4 aromatic rings. The van der Waals surface area contributed by atoms with E-state index in [1.54, 1.807) is 30.3 Å². The van der Waals surface area contributed by atoms with E-state index >= 15 is 0 Å². The van der Waals surface area contributed by atoms with Crippen LogP contribution < -0.4 is 10.1 Å². The van der Waals surface area contributed by atoms with Gasteiger partial charge in [-0.25, -0.2) is 4.98 Å². The number of phenolic OH excluding ortho intramolecular Hbond substituents is 1. The van der Waals surface area contributed by atoms with Crippen LogP contribution in [0.4, 0.5) is 5.69 Å². The lowest BCUT2D eigenvalue weighted by atomic mass is 10.1. The number of benzene rings is 2. The van der Waals surface area contributed by atoms with Crippen molar-refractivity contribution in [2.24, 2.45) is 0 Å². The molecule has 0 atom stereocenters. The fourth-order valence-corrected chi connectivity index (χ4v) is 3.14. The first-order chi connectivity index (χ1) is 14.0. The Kier molecular flexibility index (Phi) is 4.91. The molecule has 6 nitrogen and oxygen atoms in total. The molecule has 0 aliphatic rings. The number of aromatic nitrogens is 2. The maximum Gasteiger partial charge on any atom is 0.259 e. The van der Waals surface area contributed by atoms with E-state index < -0.39 is 0 Å². The van der Waals surface area contributed by atoms with Crippen LogP contribution >= 0.6 is 0 Å². The fraction of sp³-hybridized carbons (Fsp3) is 0.130. The van der Waals surface area contributed by atoms with Gasteiger partial charge in [0.05, 0.1) is 16.9 Å². The van der Waals surface area contributed by atoms with Crippen molar-refractivity contribution in [2.75, 3.05) is 5.32 Å². The number of rotatable bonds is 5. The number of carbonyl (C=O) groups excluding carboxylic acids is 1. The molecule has 4 rings (SSSR count). The summed E-state index contributed by atoms with van der Waals surface area (Å²) >= 11 is 0. The summed E-state index contributed by atoms with van der Waals surface area (Å²) in [5.41, 5.74) is 4.37. The van der Waals surface area contributed by atoms with Gasteiger partial charge in [0, 0.05) is 12.4 Å². The van der Waals surface area contributed by atoms with E-state index in [4.69, 9.17) is 4.74 Å². The number of carbonyl (C=O) groups is 1. The lowest BCUT2D eigenvalue weighted by Crippen LogP contribution is -2.14. The molecule has 0 unspecified atom stereocenters. The third kappa shape index (κ3) is 3.91. The van der Waals surface area contributed by atoms with Crippen LogP contribution in [0.3, 0.4) is 0 Å². The van der Waals surface area contributed by atoms with Crippen LogP contribution in [0, 0.1) is 13.8 Å². The lowest BCUT2D eigenvalue weighted by molar-refractivity contribution is 0.102. The van der Waals surface area contributed by atoms with E-state index in [0.717, 1.165) is 22.5 Å². The molecule has 29 heavy (non-hydrogen) atoms. The smallest absolute Gasteiger partial charge is 0.259 e. The molecular formula is C23H21N3O3. The number of phenols is 1. The number of pyridine rings is 1. The van der Waals surface area contributed by atoms with Gasteiger partial charge in [0.2, 0.25) is 0 Å². The number of anilines is 1. The number of nitrogens with one attached hydrogen (secondary N) is 1. The number of hydrogen-bond donors (Lipinski definition) is 2. The zero-order valence-corrected chi connectivity index (χ0v) is 16.2. The van der Waals surface area contributed by atoms with Crippen molar-refractivity contribution in [3.63, 3.8) is 0 Å². The molecular weight excluding hydrogens is 366 g/mol. The van der Waals surface area contributed by atoms with Crippen molar-refractivity contribution in [1.29, 1.82) is 0 Å². The molecule has 2 aromatic carbocycles. The summed E-state index contributed by atoms with van der Waals surface area (Å²) in [5.74, 6) is 0.118. The van der Waals surface area contributed by atoms with E-state index in [0.29, 0.717) is 17.0 Å². The molecule has 0 saturated carbocycles. The number of ether oxygens (including phenoxy) is 1. The van der Waals surface area contributed by atoms with E-state index in [1.165, 1.54) is 0 Å². The van der Waals surface area contributed by atoms with Gasteiger partial charge in [0.1, 0.15) is 23.8 Å². The highest BCUT2D eigenvalue weighted by atomic mass is 16.5. The molecule has 146 valence electrons. The Labute approximate surface area is 168 Å². The highest BCUT2D eigenvalue weighted by molar-refractivity contribution is 6.06. The Morgan fingerprint density at radius 1 is 1.14 bits per heavy atom. The van der Waals surface area contributed by atoms with Crippen LogP contribution in [0.15, 0.2) is 67.0 Å². The topological polar surface area (TPSA) is 75.9 Å². The van der Waals surface area contributed by atoms with Gasteiger partial charge in [0.25, 0.3) is 5.91 Å². The molecule has 1 amide bonds. The molecule has 2 N–H and O–H groups in total. The highest BCUT2D eigenvalue weighted by Crippen LogP contribution is 2.26. The molecule has 6 heteroatoms. The second-order valence-electron chi connectivity index (χ2n) is 6.91. The van der Waals surface area contributed by atoms with Gasteiger partial charge in [0.15, 0.2) is 0 Å². The van der Waals surface area contributed by atoms with Gasteiger partial charge in [-0.2, -0.15) is 0 Å². The molecule has 0 saturated heterocycles. The quantitative estimate of drug-likeness (QED) is 0.495. The number of hydrogen-bond acceptors (Lipinski definition) is 4. The number of aromatic hydroxyl groups is 1. The summed E-state index contributed by atoms with van der Waals surface area (Å²) in [4.78, 5) is 17.3. The number of para-hydroxylation sites is 1. The van der Waals surface area contributed by atoms with Crippen LogP contribution in [-0.2, 0) is 6.61 Å². The molecule has 0 bridgehead atoms. The number of aryl methyl sites for hydroxylation is 2. The highest BCUT2D eigenvalue weighted by Gasteiger charge is 2.15. The van der Waals surface area contributed by atoms with Crippen LogP contribution in [-0.4, -0.2) is 20.4 Å².